The molecule has 1 aliphatic carbocycles. The minimum absolute atomic E-state index is 0.203. The van der Waals surface area contributed by atoms with Crippen LogP contribution in [0.5, 0.6) is 0 Å². The van der Waals surface area contributed by atoms with Crippen molar-refractivity contribution in [1.29, 1.82) is 0 Å². The van der Waals surface area contributed by atoms with Crippen molar-refractivity contribution in [2.75, 3.05) is 17.2 Å². The molecule has 0 unspecified atom stereocenters. The maximum absolute atomic E-state index is 4.52. The van der Waals surface area contributed by atoms with E-state index in [1.807, 2.05) is 12.3 Å². The molecular weight excluding hydrogens is 224 g/mol. The van der Waals surface area contributed by atoms with E-state index < -0.39 is 0 Å². The molecule has 0 saturated heterocycles. The molecule has 0 aromatic carbocycles. The summed E-state index contributed by atoms with van der Waals surface area (Å²) in [6.07, 6.45) is 9.36. The van der Waals surface area contributed by atoms with Gasteiger partial charge in [-0.3, -0.25) is 0 Å². The Hall–Kier alpha value is -1.32. The Morgan fingerprint density at radius 2 is 2.06 bits per heavy atom. The van der Waals surface area contributed by atoms with Crippen LogP contribution in [0.3, 0.4) is 0 Å². The molecule has 0 bridgehead atoms. The standard InChI is InChI=1S/C14H24N4/c1-3-10-15-13-16-11-7-12(17-13)18-14(2)8-5-4-6-9-14/h7,11H,3-6,8-10H2,1-2H3,(H2,15,16,17,18). The third kappa shape index (κ3) is 3.59. The van der Waals surface area contributed by atoms with Crippen LogP contribution in [0.1, 0.15) is 52.4 Å². The van der Waals surface area contributed by atoms with E-state index in [1.54, 1.807) is 0 Å². The summed E-state index contributed by atoms with van der Waals surface area (Å²) in [5.74, 6) is 1.66. The molecule has 0 spiro atoms. The van der Waals surface area contributed by atoms with E-state index in [2.05, 4.69) is 34.4 Å². The van der Waals surface area contributed by atoms with Gasteiger partial charge in [0, 0.05) is 18.3 Å². The van der Waals surface area contributed by atoms with Gasteiger partial charge in [0.15, 0.2) is 0 Å². The molecule has 1 aromatic rings. The van der Waals surface area contributed by atoms with Gasteiger partial charge in [0.25, 0.3) is 0 Å². The number of anilines is 2. The lowest BCUT2D eigenvalue weighted by molar-refractivity contribution is 0.348. The lowest BCUT2D eigenvalue weighted by Gasteiger charge is -2.35. The number of hydrogen-bond acceptors (Lipinski definition) is 4. The molecule has 4 heteroatoms. The zero-order chi connectivity index (χ0) is 12.8. The Bertz CT molecular complexity index is 372. The number of rotatable bonds is 5. The van der Waals surface area contributed by atoms with Crippen LogP contribution >= 0.6 is 0 Å². The maximum Gasteiger partial charge on any atom is 0.224 e. The predicted molar refractivity (Wildman–Crippen MR) is 75.9 cm³/mol. The van der Waals surface area contributed by atoms with Crippen LogP contribution in [-0.2, 0) is 0 Å². The van der Waals surface area contributed by atoms with E-state index in [4.69, 9.17) is 0 Å². The molecule has 1 heterocycles. The van der Waals surface area contributed by atoms with Crippen LogP contribution in [-0.4, -0.2) is 22.1 Å². The highest BCUT2D eigenvalue weighted by molar-refractivity contribution is 5.41. The van der Waals surface area contributed by atoms with Crippen LogP contribution in [0.2, 0.25) is 0 Å². The van der Waals surface area contributed by atoms with Gasteiger partial charge in [-0.15, -0.1) is 0 Å². The first-order valence-corrected chi connectivity index (χ1v) is 7.07. The average molecular weight is 248 g/mol. The Morgan fingerprint density at radius 3 is 2.78 bits per heavy atom. The van der Waals surface area contributed by atoms with Crippen molar-refractivity contribution >= 4 is 11.8 Å². The Balaban J connectivity index is 1.99. The lowest BCUT2D eigenvalue weighted by Crippen LogP contribution is -2.37. The second kappa shape index (κ2) is 6.03. The first-order chi connectivity index (χ1) is 8.72. The molecule has 0 aliphatic heterocycles. The first kappa shape index (κ1) is 13.1. The monoisotopic (exact) mass is 248 g/mol. The second-order valence-electron chi connectivity index (χ2n) is 5.44. The number of hydrogen-bond donors (Lipinski definition) is 2. The zero-order valence-electron chi connectivity index (χ0n) is 11.5. The Kier molecular flexibility index (Phi) is 4.39. The van der Waals surface area contributed by atoms with Gasteiger partial charge < -0.3 is 10.6 Å². The number of nitrogens with zero attached hydrogens (tertiary/aromatic N) is 2. The van der Waals surface area contributed by atoms with Gasteiger partial charge in [-0.2, -0.15) is 4.98 Å². The van der Waals surface area contributed by atoms with E-state index in [0.717, 1.165) is 24.7 Å². The van der Waals surface area contributed by atoms with E-state index in [1.165, 1.54) is 32.1 Å². The van der Waals surface area contributed by atoms with Crippen LogP contribution in [0.15, 0.2) is 12.3 Å². The van der Waals surface area contributed by atoms with Gasteiger partial charge >= 0.3 is 0 Å². The second-order valence-corrected chi connectivity index (χ2v) is 5.44. The van der Waals surface area contributed by atoms with Crippen molar-refractivity contribution in [2.45, 2.75) is 57.9 Å². The number of nitrogens with one attached hydrogen (secondary N) is 2. The summed E-state index contributed by atoms with van der Waals surface area (Å²) in [4.78, 5) is 8.75. The van der Waals surface area contributed by atoms with E-state index >= 15 is 0 Å². The van der Waals surface area contributed by atoms with Crippen LogP contribution in [0.25, 0.3) is 0 Å². The largest absolute Gasteiger partial charge is 0.365 e. The Labute approximate surface area is 110 Å². The summed E-state index contributed by atoms with van der Waals surface area (Å²) in [6.45, 7) is 5.35. The predicted octanol–water partition coefficient (Wildman–Crippen LogP) is 3.43. The highest BCUT2D eigenvalue weighted by atomic mass is 15.2. The van der Waals surface area contributed by atoms with Crippen molar-refractivity contribution < 1.29 is 0 Å². The van der Waals surface area contributed by atoms with Gasteiger partial charge in [0.2, 0.25) is 5.95 Å². The summed E-state index contributed by atoms with van der Waals surface area (Å²) in [5.41, 5.74) is 0.203. The molecule has 1 fully saturated rings. The third-order valence-electron chi connectivity index (χ3n) is 3.58. The average Bonchev–Trinajstić information content (AvgIpc) is 2.37. The van der Waals surface area contributed by atoms with E-state index in [-0.39, 0.29) is 5.54 Å². The zero-order valence-corrected chi connectivity index (χ0v) is 11.5. The summed E-state index contributed by atoms with van der Waals surface area (Å²) in [5, 5.41) is 6.81. The topological polar surface area (TPSA) is 49.8 Å². The SMILES string of the molecule is CCCNc1nccc(NC2(C)CCCCC2)n1. The van der Waals surface area contributed by atoms with Gasteiger partial charge in [-0.05, 0) is 32.3 Å². The van der Waals surface area contributed by atoms with Gasteiger partial charge in [-0.25, -0.2) is 4.98 Å². The van der Waals surface area contributed by atoms with Crippen molar-refractivity contribution in [3.63, 3.8) is 0 Å². The van der Waals surface area contributed by atoms with Gasteiger partial charge in [0.1, 0.15) is 5.82 Å². The third-order valence-corrected chi connectivity index (χ3v) is 3.58. The Morgan fingerprint density at radius 1 is 1.28 bits per heavy atom. The minimum atomic E-state index is 0.203. The molecule has 2 N–H and O–H groups in total. The van der Waals surface area contributed by atoms with Crippen molar-refractivity contribution in [3.8, 4) is 0 Å². The van der Waals surface area contributed by atoms with Gasteiger partial charge in [-0.1, -0.05) is 26.2 Å². The minimum Gasteiger partial charge on any atom is -0.365 e. The van der Waals surface area contributed by atoms with Crippen LogP contribution < -0.4 is 10.6 Å². The molecule has 0 amide bonds. The number of aromatic nitrogens is 2. The summed E-state index contributed by atoms with van der Waals surface area (Å²) in [7, 11) is 0. The summed E-state index contributed by atoms with van der Waals surface area (Å²) in [6, 6.07) is 1.96. The molecular formula is C14H24N4. The molecule has 1 aromatic heterocycles. The van der Waals surface area contributed by atoms with Crippen molar-refractivity contribution in [1.82, 2.24) is 9.97 Å². The maximum atomic E-state index is 4.52. The lowest BCUT2D eigenvalue weighted by atomic mass is 9.83. The quantitative estimate of drug-likeness (QED) is 0.838. The normalized spacial score (nSPS) is 18.3. The smallest absolute Gasteiger partial charge is 0.224 e. The molecule has 1 aliphatic rings. The summed E-state index contributed by atoms with van der Waals surface area (Å²) < 4.78 is 0. The fraction of sp³-hybridized carbons (Fsp3) is 0.714. The highest BCUT2D eigenvalue weighted by Crippen LogP contribution is 2.30. The molecule has 18 heavy (non-hydrogen) atoms. The fourth-order valence-electron chi connectivity index (χ4n) is 2.52. The molecule has 0 atom stereocenters. The van der Waals surface area contributed by atoms with E-state index in [0.29, 0.717) is 0 Å². The van der Waals surface area contributed by atoms with Crippen molar-refractivity contribution in [2.24, 2.45) is 0 Å². The fourth-order valence-corrected chi connectivity index (χ4v) is 2.52. The van der Waals surface area contributed by atoms with Crippen LogP contribution in [0.4, 0.5) is 11.8 Å². The molecule has 1 saturated carbocycles. The van der Waals surface area contributed by atoms with Crippen LogP contribution in [0, 0.1) is 0 Å². The molecule has 0 radical (unpaired) electrons. The molecule has 100 valence electrons. The van der Waals surface area contributed by atoms with Crippen molar-refractivity contribution in [3.05, 3.63) is 12.3 Å². The first-order valence-electron chi connectivity index (χ1n) is 7.07. The highest BCUT2D eigenvalue weighted by Gasteiger charge is 2.26. The van der Waals surface area contributed by atoms with Gasteiger partial charge in [0.05, 0.1) is 0 Å². The summed E-state index contributed by atoms with van der Waals surface area (Å²) >= 11 is 0. The molecule has 4 nitrogen and oxygen atoms in total. The van der Waals surface area contributed by atoms with E-state index in [9.17, 15) is 0 Å². The molecule has 2 rings (SSSR count).